The number of ether oxygens (including phenoxy) is 1. The van der Waals surface area contributed by atoms with Gasteiger partial charge in [0.2, 0.25) is 5.91 Å². The number of nitrogens with zero attached hydrogens (tertiary/aromatic N) is 1. The topological polar surface area (TPSA) is 123 Å². The number of nitro benzene ring substituents is 1. The minimum absolute atomic E-state index is 0.0111. The largest absolute Gasteiger partial charge is 0.490 e. The third-order valence-electron chi connectivity index (χ3n) is 7.36. The molecule has 0 spiro atoms. The van der Waals surface area contributed by atoms with E-state index < -0.39 is 10.3 Å². The van der Waals surface area contributed by atoms with Crippen LogP contribution in [0.25, 0.3) is 5.57 Å². The van der Waals surface area contributed by atoms with Crippen molar-refractivity contribution < 1.29 is 19.2 Å². The SMILES string of the molecule is COc1cc(C2=CC3=C(CNc4ccc(C(C)(C)C(=O)NCC5CC5)cc4N3)C(=O)C2)ccc1[N+](=O)[O-]. The summed E-state index contributed by atoms with van der Waals surface area (Å²) in [6.45, 7) is 4.91. The summed E-state index contributed by atoms with van der Waals surface area (Å²) in [6.07, 6.45) is 4.44. The second-order valence-corrected chi connectivity index (χ2v) is 10.3. The molecule has 9 nitrogen and oxygen atoms in total. The standard InChI is InChI=1S/C28H30N4O5/c1-28(2,27(34)30-14-16-4-5-16)19-7-8-21-23(13-19)31-22-10-18(11-25(33)20(22)15-29-21)17-6-9-24(32(35)36)26(12-17)37-3/h6-10,12-13,16,29,31H,4-5,11,14-15H2,1-3H3,(H,30,34). The first-order valence-corrected chi connectivity index (χ1v) is 12.4. The Labute approximate surface area is 215 Å². The lowest BCUT2D eigenvalue weighted by atomic mass is 9.83. The van der Waals surface area contributed by atoms with Crippen LogP contribution in [0, 0.1) is 16.0 Å². The number of Topliss-reactive ketones (excluding diaryl/α,β-unsaturated/α-hetero) is 1. The van der Waals surface area contributed by atoms with Gasteiger partial charge in [0.05, 0.1) is 28.8 Å². The summed E-state index contributed by atoms with van der Waals surface area (Å²) >= 11 is 0. The molecule has 0 saturated heterocycles. The number of methoxy groups -OCH3 is 1. The second-order valence-electron chi connectivity index (χ2n) is 10.3. The zero-order valence-electron chi connectivity index (χ0n) is 21.1. The average molecular weight is 503 g/mol. The van der Waals surface area contributed by atoms with Crippen LogP contribution in [-0.4, -0.2) is 36.8 Å². The first kappa shape index (κ1) is 24.5. The molecule has 0 aromatic heterocycles. The van der Waals surface area contributed by atoms with Crippen LogP contribution in [0.15, 0.2) is 53.7 Å². The van der Waals surface area contributed by atoms with E-state index >= 15 is 0 Å². The zero-order chi connectivity index (χ0) is 26.3. The predicted octanol–water partition coefficient (Wildman–Crippen LogP) is 4.56. The van der Waals surface area contributed by atoms with Gasteiger partial charge in [0.25, 0.3) is 0 Å². The van der Waals surface area contributed by atoms with Gasteiger partial charge in [0.1, 0.15) is 0 Å². The number of allylic oxidation sites excluding steroid dienone is 2. The number of rotatable bonds is 7. The summed E-state index contributed by atoms with van der Waals surface area (Å²) in [6, 6.07) is 10.4. The maximum atomic E-state index is 13.1. The van der Waals surface area contributed by atoms with E-state index in [-0.39, 0.29) is 29.5 Å². The molecule has 1 amide bonds. The maximum Gasteiger partial charge on any atom is 0.310 e. The summed E-state index contributed by atoms with van der Waals surface area (Å²) < 4.78 is 5.21. The molecule has 1 heterocycles. The van der Waals surface area contributed by atoms with Crippen LogP contribution in [0.4, 0.5) is 17.1 Å². The number of amides is 1. The highest BCUT2D eigenvalue weighted by Crippen LogP contribution is 2.38. The molecule has 37 heavy (non-hydrogen) atoms. The predicted molar refractivity (Wildman–Crippen MR) is 142 cm³/mol. The van der Waals surface area contributed by atoms with Gasteiger partial charge in [-0.2, -0.15) is 0 Å². The quantitative estimate of drug-likeness (QED) is 0.375. The Morgan fingerprint density at radius 2 is 1.97 bits per heavy atom. The number of nitrogens with one attached hydrogen (secondary N) is 3. The Kier molecular flexibility index (Phi) is 6.23. The molecule has 5 rings (SSSR count). The van der Waals surface area contributed by atoms with Gasteiger partial charge in [-0.3, -0.25) is 19.7 Å². The molecule has 3 N–H and O–H groups in total. The number of ketones is 1. The van der Waals surface area contributed by atoms with Gasteiger partial charge < -0.3 is 20.7 Å². The molecular weight excluding hydrogens is 472 g/mol. The van der Waals surface area contributed by atoms with Crippen molar-refractivity contribution in [2.75, 3.05) is 30.8 Å². The van der Waals surface area contributed by atoms with E-state index in [9.17, 15) is 19.7 Å². The third kappa shape index (κ3) is 4.81. The van der Waals surface area contributed by atoms with Crippen molar-refractivity contribution in [2.45, 2.75) is 38.5 Å². The fourth-order valence-corrected chi connectivity index (χ4v) is 4.69. The smallest absolute Gasteiger partial charge is 0.310 e. The maximum absolute atomic E-state index is 13.1. The fraction of sp³-hybridized carbons (Fsp3) is 0.357. The van der Waals surface area contributed by atoms with E-state index in [2.05, 4.69) is 16.0 Å². The number of nitro groups is 1. The van der Waals surface area contributed by atoms with E-state index in [1.165, 1.54) is 26.0 Å². The molecule has 9 heteroatoms. The minimum atomic E-state index is -0.728. The van der Waals surface area contributed by atoms with Crippen LogP contribution in [0.2, 0.25) is 0 Å². The van der Waals surface area contributed by atoms with Crippen molar-refractivity contribution >= 4 is 34.3 Å². The van der Waals surface area contributed by atoms with Crippen molar-refractivity contribution in [3.05, 3.63) is 75.0 Å². The van der Waals surface area contributed by atoms with Crippen molar-refractivity contribution in [1.29, 1.82) is 0 Å². The number of fused-ring (bicyclic) bond motifs is 1. The number of carbonyl (C=O) groups is 2. The van der Waals surface area contributed by atoms with Gasteiger partial charge >= 0.3 is 5.69 Å². The lowest BCUT2D eigenvalue weighted by Crippen LogP contribution is -2.41. The molecule has 192 valence electrons. The van der Waals surface area contributed by atoms with Crippen LogP contribution in [0.3, 0.4) is 0 Å². The van der Waals surface area contributed by atoms with Gasteiger partial charge in [0, 0.05) is 36.8 Å². The van der Waals surface area contributed by atoms with E-state index in [4.69, 9.17) is 4.74 Å². The normalized spacial score (nSPS) is 16.9. The Morgan fingerprint density at radius 3 is 2.68 bits per heavy atom. The van der Waals surface area contributed by atoms with Crippen molar-refractivity contribution in [1.82, 2.24) is 5.32 Å². The Hall–Kier alpha value is -4.14. The highest BCUT2D eigenvalue weighted by atomic mass is 16.6. The van der Waals surface area contributed by atoms with Crippen LogP contribution in [0.1, 0.15) is 44.2 Å². The first-order valence-electron chi connectivity index (χ1n) is 12.4. The van der Waals surface area contributed by atoms with E-state index in [1.54, 1.807) is 12.1 Å². The van der Waals surface area contributed by atoms with E-state index in [1.807, 2.05) is 38.1 Å². The fourth-order valence-electron chi connectivity index (χ4n) is 4.69. The molecule has 0 bridgehead atoms. The molecule has 1 saturated carbocycles. The van der Waals surface area contributed by atoms with Gasteiger partial charge in [-0.15, -0.1) is 0 Å². The van der Waals surface area contributed by atoms with Crippen LogP contribution < -0.4 is 20.7 Å². The van der Waals surface area contributed by atoms with E-state index in [0.29, 0.717) is 35.8 Å². The Morgan fingerprint density at radius 1 is 1.19 bits per heavy atom. The first-order chi connectivity index (χ1) is 17.7. The number of hydrogen-bond donors (Lipinski definition) is 3. The molecule has 2 aromatic rings. The van der Waals surface area contributed by atoms with Gasteiger partial charge in [-0.25, -0.2) is 0 Å². The molecule has 1 aliphatic heterocycles. The molecule has 3 aliphatic rings. The number of benzene rings is 2. The van der Waals surface area contributed by atoms with E-state index in [0.717, 1.165) is 22.5 Å². The number of anilines is 2. The lowest BCUT2D eigenvalue weighted by Gasteiger charge is -2.26. The highest BCUT2D eigenvalue weighted by molar-refractivity contribution is 6.07. The second kappa shape index (κ2) is 9.38. The molecule has 2 aliphatic carbocycles. The summed E-state index contributed by atoms with van der Waals surface area (Å²) in [7, 11) is 1.38. The Bertz CT molecular complexity index is 1370. The summed E-state index contributed by atoms with van der Waals surface area (Å²) in [4.78, 5) is 36.9. The Balaban J connectivity index is 1.45. The van der Waals surface area contributed by atoms with Crippen LogP contribution >= 0.6 is 0 Å². The molecular formula is C28H30N4O5. The lowest BCUT2D eigenvalue weighted by molar-refractivity contribution is -0.385. The van der Waals surface area contributed by atoms with Crippen molar-refractivity contribution in [3.63, 3.8) is 0 Å². The number of hydrogen-bond acceptors (Lipinski definition) is 7. The molecule has 0 unspecified atom stereocenters. The van der Waals surface area contributed by atoms with Crippen molar-refractivity contribution in [3.8, 4) is 5.75 Å². The molecule has 0 atom stereocenters. The summed E-state index contributed by atoms with van der Waals surface area (Å²) in [5.41, 5.74) is 4.35. The monoisotopic (exact) mass is 502 g/mol. The third-order valence-corrected chi connectivity index (χ3v) is 7.36. The van der Waals surface area contributed by atoms with Gasteiger partial charge in [-0.05, 0) is 79.6 Å². The summed E-state index contributed by atoms with van der Waals surface area (Å²) in [5, 5.41) is 21.1. The number of carbonyl (C=O) groups excluding carboxylic acids is 2. The summed E-state index contributed by atoms with van der Waals surface area (Å²) in [5.74, 6) is 0.701. The highest BCUT2D eigenvalue weighted by Gasteiger charge is 2.33. The molecule has 0 radical (unpaired) electrons. The molecule has 1 fully saturated rings. The van der Waals surface area contributed by atoms with Gasteiger partial charge in [-0.1, -0.05) is 6.07 Å². The van der Waals surface area contributed by atoms with Gasteiger partial charge in [0.15, 0.2) is 11.5 Å². The van der Waals surface area contributed by atoms with Crippen LogP contribution in [-0.2, 0) is 15.0 Å². The average Bonchev–Trinajstić information content (AvgIpc) is 3.72. The van der Waals surface area contributed by atoms with Crippen LogP contribution in [0.5, 0.6) is 5.75 Å². The zero-order valence-corrected chi connectivity index (χ0v) is 21.1. The van der Waals surface area contributed by atoms with Crippen molar-refractivity contribution in [2.24, 2.45) is 5.92 Å². The minimum Gasteiger partial charge on any atom is -0.490 e. The molecule has 2 aromatic carbocycles.